The lowest BCUT2D eigenvalue weighted by atomic mass is 10.1. The van der Waals surface area contributed by atoms with Gasteiger partial charge in [-0.1, -0.05) is 36.1 Å². The summed E-state index contributed by atoms with van der Waals surface area (Å²) < 4.78 is 32.1. The normalized spacial score (nSPS) is 10.0. The van der Waals surface area contributed by atoms with Crippen LogP contribution < -0.4 is 0 Å². The summed E-state index contributed by atoms with van der Waals surface area (Å²) in [6.07, 6.45) is 0. The molecule has 0 fully saturated rings. The van der Waals surface area contributed by atoms with E-state index in [1.165, 1.54) is 18.2 Å². The first kappa shape index (κ1) is 15.2. The molecule has 0 heterocycles. The van der Waals surface area contributed by atoms with Gasteiger partial charge >= 0.3 is 0 Å². The van der Waals surface area contributed by atoms with Gasteiger partial charge in [-0.15, -0.1) is 0 Å². The first-order valence-electron chi connectivity index (χ1n) is 6.40. The van der Waals surface area contributed by atoms with Gasteiger partial charge in [-0.25, -0.2) is 8.78 Å². The van der Waals surface area contributed by atoms with Crippen LogP contribution in [-0.4, -0.2) is 11.7 Å². The number of rotatable bonds is 4. The summed E-state index contributed by atoms with van der Waals surface area (Å²) >= 11 is 0. The van der Waals surface area contributed by atoms with E-state index < -0.39 is 5.82 Å². The monoisotopic (exact) mass is 288 g/mol. The van der Waals surface area contributed by atoms with Gasteiger partial charge in [-0.3, -0.25) is 0 Å². The molecule has 0 unspecified atom stereocenters. The molecule has 0 bridgehead atoms. The number of benzene rings is 2. The van der Waals surface area contributed by atoms with Crippen molar-refractivity contribution < 1.29 is 18.6 Å². The predicted molar refractivity (Wildman–Crippen MR) is 75.3 cm³/mol. The highest BCUT2D eigenvalue weighted by Gasteiger charge is 2.05. The van der Waals surface area contributed by atoms with Gasteiger partial charge in [-0.05, 0) is 23.8 Å². The minimum Gasteiger partial charge on any atom is -0.384 e. The van der Waals surface area contributed by atoms with Crippen molar-refractivity contribution >= 4 is 0 Å². The highest BCUT2D eigenvalue weighted by Crippen LogP contribution is 2.14. The van der Waals surface area contributed by atoms with Crippen LogP contribution in [-0.2, 0) is 18.0 Å². The molecule has 2 rings (SSSR count). The number of hydrogen-bond acceptors (Lipinski definition) is 2. The molecule has 0 atom stereocenters. The molecule has 0 spiro atoms. The van der Waals surface area contributed by atoms with Crippen LogP contribution in [0.4, 0.5) is 8.78 Å². The molecule has 1 N–H and O–H groups in total. The fourth-order valence-corrected chi connectivity index (χ4v) is 1.81. The SMILES string of the molecule is OCC#Cc1cc(F)ccc1COCc1ccccc1F. The average molecular weight is 288 g/mol. The van der Waals surface area contributed by atoms with Crippen LogP contribution in [0.5, 0.6) is 0 Å². The zero-order valence-corrected chi connectivity index (χ0v) is 11.3. The van der Waals surface area contributed by atoms with E-state index in [-0.39, 0.29) is 25.6 Å². The maximum atomic E-state index is 13.4. The second kappa shape index (κ2) is 7.53. The van der Waals surface area contributed by atoms with Gasteiger partial charge in [0.15, 0.2) is 0 Å². The maximum Gasteiger partial charge on any atom is 0.128 e. The second-order valence-electron chi connectivity index (χ2n) is 4.35. The first-order valence-corrected chi connectivity index (χ1v) is 6.40. The summed E-state index contributed by atoms with van der Waals surface area (Å²) in [7, 11) is 0. The third-order valence-electron chi connectivity index (χ3n) is 2.85. The van der Waals surface area contributed by atoms with Crippen LogP contribution in [0.3, 0.4) is 0 Å². The summed E-state index contributed by atoms with van der Waals surface area (Å²) in [4.78, 5) is 0. The largest absolute Gasteiger partial charge is 0.384 e. The topological polar surface area (TPSA) is 29.5 Å². The first-order chi connectivity index (χ1) is 10.2. The molecule has 2 aromatic rings. The highest BCUT2D eigenvalue weighted by atomic mass is 19.1. The Labute approximate surface area is 122 Å². The van der Waals surface area contributed by atoms with Crippen molar-refractivity contribution in [2.75, 3.05) is 6.61 Å². The Balaban J connectivity index is 2.05. The van der Waals surface area contributed by atoms with Gasteiger partial charge in [0.1, 0.15) is 18.2 Å². The molecule has 0 amide bonds. The van der Waals surface area contributed by atoms with Gasteiger partial charge in [0, 0.05) is 11.1 Å². The Kier molecular flexibility index (Phi) is 5.44. The third-order valence-corrected chi connectivity index (χ3v) is 2.85. The van der Waals surface area contributed by atoms with Crippen molar-refractivity contribution in [1.82, 2.24) is 0 Å². The Bertz CT molecular complexity index is 672. The minimum absolute atomic E-state index is 0.122. The standard InChI is InChI=1S/C17H14F2O2/c18-16-8-7-14(13(10-16)5-3-9-20)11-21-12-15-4-1-2-6-17(15)19/h1-2,4,6-8,10,20H,9,11-12H2. The van der Waals surface area contributed by atoms with Gasteiger partial charge in [0.25, 0.3) is 0 Å². The third kappa shape index (κ3) is 4.38. The van der Waals surface area contributed by atoms with Crippen LogP contribution in [0.2, 0.25) is 0 Å². The molecule has 0 radical (unpaired) electrons. The summed E-state index contributed by atoms with van der Waals surface area (Å²) in [5.41, 5.74) is 1.61. The van der Waals surface area contributed by atoms with Crippen LogP contribution in [0.15, 0.2) is 42.5 Å². The zero-order chi connectivity index (χ0) is 15.1. The number of aliphatic hydroxyl groups is 1. The van der Waals surface area contributed by atoms with Crippen molar-refractivity contribution in [3.63, 3.8) is 0 Å². The van der Waals surface area contributed by atoms with Crippen molar-refractivity contribution in [3.8, 4) is 11.8 Å². The minimum atomic E-state index is -0.407. The lowest BCUT2D eigenvalue weighted by Gasteiger charge is -2.07. The lowest BCUT2D eigenvalue weighted by Crippen LogP contribution is -1.99. The summed E-state index contributed by atoms with van der Waals surface area (Å²) in [6.45, 7) is 0.00696. The van der Waals surface area contributed by atoms with Gasteiger partial charge in [-0.2, -0.15) is 0 Å². The van der Waals surface area contributed by atoms with E-state index in [1.54, 1.807) is 24.3 Å². The Morgan fingerprint density at radius 1 is 1.00 bits per heavy atom. The molecule has 0 aliphatic heterocycles. The second-order valence-corrected chi connectivity index (χ2v) is 4.35. The number of hydrogen-bond donors (Lipinski definition) is 1. The van der Waals surface area contributed by atoms with Crippen molar-refractivity contribution in [3.05, 3.63) is 70.8 Å². The Hall–Kier alpha value is -2.22. The number of aliphatic hydroxyl groups excluding tert-OH is 1. The molecule has 21 heavy (non-hydrogen) atoms. The Morgan fingerprint density at radius 3 is 2.52 bits per heavy atom. The van der Waals surface area contributed by atoms with Crippen molar-refractivity contribution in [1.29, 1.82) is 0 Å². The highest BCUT2D eigenvalue weighted by molar-refractivity contribution is 5.41. The molecule has 0 aromatic heterocycles. The molecule has 2 nitrogen and oxygen atoms in total. The van der Waals surface area contributed by atoms with E-state index in [2.05, 4.69) is 11.8 Å². The quantitative estimate of drug-likeness (QED) is 0.876. The number of ether oxygens (including phenoxy) is 1. The molecule has 0 saturated carbocycles. The van der Waals surface area contributed by atoms with Crippen LogP contribution in [0, 0.1) is 23.5 Å². The zero-order valence-electron chi connectivity index (χ0n) is 11.3. The van der Waals surface area contributed by atoms with Crippen molar-refractivity contribution in [2.45, 2.75) is 13.2 Å². The molecule has 0 aliphatic carbocycles. The van der Waals surface area contributed by atoms with Crippen LogP contribution in [0.25, 0.3) is 0 Å². The van der Waals surface area contributed by atoms with Crippen LogP contribution >= 0.6 is 0 Å². The Morgan fingerprint density at radius 2 is 1.76 bits per heavy atom. The fraction of sp³-hybridized carbons (Fsp3) is 0.176. The molecular weight excluding hydrogens is 274 g/mol. The number of halogens is 2. The van der Waals surface area contributed by atoms with E-state index in [1.807, 2.05) is 0 Å². The fourth-order valence-electron chi connectivity index (χ4n) is 1.81. The molecule has 108 valence electrons. The lowest BCUT2D eigenvalue weighted by molar-refractivity contribution is 0.104. The van der Waals surface area contributed by atoms with Crippen molar-refractivity contribution in [2.24, 2.45) is 0 Å². The average Bonchev–Trinajstić information content (AvgIpc) is 2.49. The van der Waals surface area contributed by atoms with E-state index >= 15 is 0 Å². The molecule has 0 aliphatic rings. The smallest absolute Gasteiger partial charge is 0.128 e. The van der Waals surface area contributed by atoms with E-state index in [0.717, 1.165) is 0 Å². The van der Waals surface area contributed by atoms with E-state index in [9.17, 15) is 8.78 Å². The summed E-state index contributed by atoms with van der Waals surface area (Å²) in [6, 6.07) is 10.5. The molecule has 4 heteroatoms. The molecule has 2 aromatic carbocycles. The van der Waals surface area contributed by atoms with Gasteiger partial charge in [0.05, 0.1) is 13.2 Å². The van der Waals surface area contributed by atoms with E-state index in [0.29, 0.717) is 16.7 Å². The van der Waals surface area contributed by atoms with Crippen LogP contribution in [0.1, 0.15) is 16.7 Å². The van der Waals surface area contributed by atoms with Gasteiger partial charge in [0.2, 0.25) is 0 Å². The van der Waals surface area contributed by atoms with Gasteiger partial charge < -0.3 is 9.84 Å². The van der Waals surface area contributed by atoms with E-state index in [4.69, 9.17) is 9.84 Å². The summed E-state index contributed by atoms with van der Waals surface area (Å²) in [5, 5.41) is 8.70. The molecule has 0 saturated heterocycles. The summed E-state index contributed by atoms with van der Waals surface area (Å²) in [5.74, 6) is 4.41. The maximum absolute atomic E-state index is 13.4. The molecular formula is C17H14F2O2. The predicted octanol–water partition coefficient (Wildman–Crippen LogP) is 3.03.